The van der Waals surface area contributed by atoms with E-state index in [2.05, 4.69) is 15.0 Å². The van der Waals surface area contributed by atoms with Crippen molar-refractivity contribution in [3.8, 4) is 0 Å². The van der Waals surface area contributed by atoms with Crippen LogP contribution in [0.3, 0.4) is 0 Å². The van der Waals surface area contributed by atoms with Gasteiger partial charge in [0.2, 0.25) is 0 Å². The molecular formula is C18H19F2N5O. The van der Waals surface area contributed by atoms with E-state index >= 15 is 0 Å². The van der Waals surface area contributed by atoms with Crippen molar-refractivity contribution < 1.29 is 13.6 Å². The Kier molecular flexibility index (Phi) is 4.05. The molecule has 4 heterocycles. The summed E-state index contributed by atoms with van der Waals surface area (Å²) in [7, 11) is 0. The SMILES string of the molecule is O=C(c1cccnc1)N1CCC(F)(F)[C@@]2(CCN(c3cnccn3)C2)C1. The minimum atomic E-state index is -2.82. The molecule has 0 N–H and O–H groups in total. The Morgan fingerprint density at radius 2 is 1.88 bits per heavy atom. The number of nitrogens with zero attached hydrogens (tertiary/aromatic N) is 5. The first kappa shape index (κ1) is 16.8. The van der Waals surface area contributed by atoms with E-state index in [0.717, 1.165) is 0 Å². The van der Waals surface area contributed by atoms with Crippen LogP contribution >= 0.6 is 0 Å². The van der Waals surface area contributed by atoms with Crippen LogP contribution in [0, 0.1) is 5.41 Å². The molecule has 1 atom stereocenters. The highest BCUT2D eigenvalue weighted by Gasteiger charge is 2.60. The molecule has 0 aliphatic carbocycles. The fraction of sp³-hybridized carbons (Fsp3) is 0.444. The Balaban J connectivity index is 1.57. The third-order valence-corrected chi connectivity index (χ3v) is 5.39. The Labute approximate surface area is 149 Å². The van der Waals surface area contributed by atoms with Crippen LogP contribution in [-0.4, -0.2) is 57.9 Å². The van der Waals surface area contributed by atoms with Crippen LogP contribution < -0.4 is 4.90 Å². The number of alkyl halides is 2. The summed E-state index contributed by atoms with van der Waals surface area (Å²) in [5.41, 5.74) is -0.836. The maximum atomic E-state index is 14.9. The van der Waals surface area contributed by atoms with Gasteiger partial charge in [0.15, 0.2) is 0 Å². The second kappa shape index (κ2) is 6.26. The predicted octanol–water partition coefficient (Wildman–Crippen LogP) is 2.25. The molecule has 2 aromatic rings. The summed E-state index contributed by atoms with van der Waals surface area (Å²) in [5, 5.41) is 0. The normalized spacial score (nSPS) is 24.8. The van der Waals surface area contributed by atoms with E-state index in [4.69, 9.17) is 0 Å². The zero-order chi connectivity index (χ0) is 18.2. The van der Waals surface area contributed by atoms with Gasteiger partial charge in [-0.25, -0.2) is 13.8 Å². The Morgan fingerprint density at radius 1 is 1.04 bits per heavy atom. The molecule has 26 heavy (non-hydrogen) atoms. The van der Waals surface area contributed by atoms with Crippen LogP contribution in [0.2, 0.25) is 0 Å². The predicted molar refractivity (Wildman–Crippen MR) is 91.0 cm³/mol. The van der Waals surface area contributed by atoms with Crippen molar-refractivity contribution >= 4 is 11.7 Å². The molecule has 4 rings (SSSR count). The lowest BCUT2D eigenvalue weighted by atomic mass is 9.75. The zero-order valence-corrected chi connectivity index (χ0v) is 14.2. The Hall–Kier alpha value is -2.64. The molecule has 8 heteroatoms. The van der Waals surface area contributed by atoms with Gasteiger partial charge in [-0.3, -0.25) is 14.8 Å². The lowest BCUT2D eigenvalue weighted by molar-refractivity contribution is -0.150. The number of anilines is 1. The van der Waals surface area contributed by atoms with Gasteiger partial charge in [-0.2, -0.15) is 0 Å². The van der Waals surface area contributed by atoms with E-state index in [1.807, 2.05) is 4.90 Å². The van der Waals surface area contributed by atoms with Crippen molar-refractivity contribution in [2.45, 2.75) is 18.8 Å². The quantitative estimate of drug-likeness (QED) is 0.823. The molecule has 0 saturated carbocycles. The van der Waals surface area contributed by atoms with Crippen molar-refractivity contribution in [3.63, 3.8) is 0 Å². The smallest absolute Gasteiger partial charge is 0.258 e. The molecule has 2 aliphatic rings. The first-order valence-corrected chi connectivity index (χ1v) is 8.59. The molecular weight excluding hydrogens is 340 g/mol. The van der Waals surface area contributed by atoms with Gasteiger partial charge >= 0.3 is 0 Å². The summed E-state index contributed by atoms with van der Waals surface area (Å²) in [5.74, 6) is -2.47. The number of aromatic nitrogens is 3. The number of amides is 1. The summed E-state index contributed by atoms with van der Waals surface area (Å²) >= 11 is 0. The molecule has 6 nitrogen and oxygen atoms in total. The minimum absolute atomic E-state index is 0.0322. The van der Waals surface area contributed by atoms with Gasteiger partial charge < -0.3 is 9.80 Å². The second-order valence-corrected chi connectivity index (χ2v) is 6.94. The van der Waals surface area contributed by atoms with Crippen molar-refractivity contribution in [3.05, 3.63) is 48.7 Å². The summed E-state index contributed by atoms with van der Waals surface area (Å²) in [6.45, 7) is 0.719. The van der Waals surface area contributed by atoms with Gasteiger partial charge in [0.25, 0.3) is 11.8 Å². The van der Waals surface area contributed by atoms with Crippen molar-refractivity contribution in [2.24, 2.45) is 5.41 Å². The molecule has 0 aromatic carbocycles. The van der Waals surface area contributed by atoms with Gasteiger partial charge in [-0.15, -0.1) is 0 Å². The maximum Gasteiger partial charge on any atom is 0.258 e. The topological polar surface area (TPSA) is 62.2 Å². The van der Waals surface area contributed by atoms with Gasteiger partial charge in [0, 0.05) is 57.4 Å². The molecule has 2 saturated heterocycles. The highest BCUT2D eigenvalue weighted by atomic mass is 19.3. The number of rotatable bonds is 2. The maximum absolute atomic E-state index is 14.9. The van der Waals surface area contributed by atoms with Crippen molar-refractivity contribution in [1.29, 1.82) is 0 Å². The van der Waals surface area contributed by atoms with Crippen molar-refractivity contribution in [2.75, 3.05) is 31.1 Å². The van der Waals surface area contributed by atoms with Crippen LogP contribution in [0.25, 0.3) is 0 Å². The van der Waals surface area contributed by atoms with Crippen LogP contribution in [0.15, 0.2) is 43.1 Å². The standard InChI is InChI=1S/C18H19F2N5O/c19-18(20)4-9-25(16(26)14-2-1-5-21-10-14)13-17(18)3-8-24(12-17)15-11-22-6-7-23-15/h1-2,5-7,10-11H,3-4,8-9,12-13H2/t17-/m1/s1. The van der Waals surface area contributed by atoms with Gasteiger partial charge in [0.05, 0.1) is 17.2 Å². The number of halogens is 2. The largest absolute Gasteiger partial charge is 0.354 e. The van der Waals surface area contributed by atoms with Gasteiger partial charge in [0.1, 0.15) is 5.82 Å². The second-order valence-electron chi connectivity index (χ2n) is 6.94. The molecule has 1 spiro atoms. The van der Waals surface area contributed by atoms with Crippen LogP contribution in [0.4, 0.5) is 14.6 Å². The number of pyridine rings is 1. The number of hydrogen-bond acceptors (Lipinski definition) is 5. The van der Waals surface area contributed by atoms with E-state index in [9.17, 15) is 13.6 Å². The number of likely N-dealkylation sites (tertiary alicyclic amines) is 1. The van der Waals surface area contributed by atoms with E-state index in [1.165, 1.54) is 11.1 Å². The molecule has 0 radical (unpaired) electrons. The van der Waals surface area contributed by atoms with Crippen LogP contribution in [-0.2, 0) is 0 Å². The lowest BCUT2D eigenvalue weighted by Gasteiger charge is -2.45. The Bertz CT molecular complexity index is 789. The average Bonchev–Trinajstić information content (AvgIpc) is 3.11. The summed E-state index contributed by atoms with van der Waals surface area (Å²) < 4.78 is 29.8. The fourth-order valence-electron chi connectivity index (χ4n) is 3.90. The van der Waals surface area contributed by atoms with Gasteiger partial charge in [-0.05, 0) is 18.6 Å². The molecule has 0 unspecified atom stereocenters. The molecule has 2 aliphatic heterocycles. The van der Waals surface area contributed by atoms with Crippen LogP contribution in [0.1, 0.15) is 23.2 Å². The number of piperidine rings is 1. The monoisotopic (exact) mass is 359 g/mol. The summed E-state index contributed by atoms with van der Waals surface area (Å²) in [4.78, 5) is 28.3. The molecule has 2 fully saturated rings. The third-order valence-electron chi connectivity index (χ3n) is 5.39. The molecule has 2 aromatic heterocycles. The highest BCUT2D eigenvalue weighted by molar-refractivity contribution is 5.94. The fourth-order valence-corrected chi connectivity index (χ4v) is 3.90. The van der Waals surface area contributed by atoms with Crippen LogP contribution in [0.5, 0.6) is 0 Å². The highest BCUT2D eigenvalue weighted by Crippen LogP contribution is 2.50. The minimum Gasteiger partial charge on any atom is -0.354 e. The summed E-state index contributed by atoms with van der Waals surface area (Å²) in [6, 6.07) is 3.34. The van der Waals surface area contributed by atoms with E-state index < -0.39 is 11.3 Å². The third kappa shape index (κ3) is 2.79. The molecule has 0 bridgehead atoms. The number of hydrogen-bond donors (Lipinski definition) is 0. The number of carbonyl (C=O) groups excluding carboxylic acids is 1. The molecule has 1 amide bonds. The van der Waals surface area contributed by atoms with Gasteiger partial charge in [-0.1, -0.05) is 0 Å². The Morgan fingerprint density at radius 3 is 2.62 bits per heavy atom. The first-order chi connectivity index (χ1) is 12.5. The first-order valence-electron chi connectivity index (χ1n) is 8.59. The lowest BCUT2D eigenvalue weighted by Crippen LogP contribution is -2.58. The molecule has 136 valence electrons. The average molecular weight is 359 g/mol. The number of carbonyl (C=O) groups is 1. The van der Waals surface area contributed by atoms with Crippen molar-refractivity contribution in [1.82, 2.24) is 19.9 Å². The summed E-state index contributed by atoms with van der Waals surface area (Å²) in [6.07, 6.45) is 7.73. The van der Waals surface area contributed by atoms with E-state index in [0.29, 0.717) is 24.3 Å². The zero-order valence-electron chi connectivity index (χ0n) is 14.2. The van der Waals surface area contributed by atoms with E-state index in [1.54, 1.807) is 36.9 Å². The van der Waals surface area contributed by atoms with E-state index in [-0.39, 0.29) is 32.0 Å².